The second-order valence-corrected chi connectivity index (χ2v) is 3.16. The summed E-state index contributed by atoms with van der Waals surface area (Å²) in [6.07, 6.45) is 0. The number of alkyl halides is 1. The molecule has 0 amide bonds. The number of hydrogen-bond donors (Lipinski definition) is 0. The van der Waals surface area contributed by atoms with E-state index in [1.807, 2.05) is 0 Å². The average Bonchev–Trinajstić information content (AvgIpc) is 2.21. The van der Waals surface area contributed by atoms with E-state index in [0.717, 1.165) is 0 Å². The molecule has 1 heterocycles. The maximum absolute atomic E-state index is 3.78. The third-order valence-corrected chi connectivity index (χ3v) is 2.26. The molecule has 0 bridgehead atoms. The van der Waals surface area contributed by atoms with Crippen molar-refractivity contribution in [3.8, 4) is 0 Å². The quantitative estimate of drug-likeness (QED) is 0.418. The lowest BCUT2D eigenvalue weighted by Crippen LogP contribution is -2.07. The molecule has 3 heteroatoms. The van der Waals surface area contributed by atoms with E-state index in [1.54, 1.807) is 0 Å². The van der Waals surface area contributed by atoms with Crippen molar-refractivity contribution >= 4 is 15.9 Å². The minimum Gasteiger partial charge on any atom is -0.146 e. The molecule has 0 aromatic heterocycles. The van der Waals surface area contributed by atoms with Crippen LogP contribution in [0.15, 0.2) is 10.2 Å². The highest BCUT2D eigenvalue weighted by atomic mass is 79.9. The molecule has 0 fully saturated rings. The predicted octanol–water partition coefficient (Wildman–Crippen LogP) is 2.16. The topological polar surface area (TPSA) is 24.7 Å². The first kappa shape index (κ1) is 5.22. The Kier molecular flexibility index (Phi) is 0.953. The van der Waals surface area contributed by atoms with Crippen molar-refractivity contribution in [1.82, 2.24) is 0 Å². The number of rotatable bonds is 1. The Morgan fingerprint density at radius 3 is 1.86 bits per heavy atom. The summed E-state index contributed by atoms with van der Waals surface area (Å²) in [4.78, 5) is 0. The summed E-state index contributed by atoms with van der Waals surface area (Å²) in [6.45, 7) is 4.16. The molecule has 0 saturated carbocycles. The van der Waals surface area contributed by atoms with Crippen LogP contribution in [0.4, 0.5) is 0 Å². The molecule has 0 aromatic carbocycles. The van der Waals surface area contributed by atoms with Crippen LogP contribution in [0, 0.1) is 5.92 Å². The van der Waals surface area contributed by atoms with Gasteiger partial charge in [-0.05, 0) is 15.9 Å². The molecule has 40 valence electrons. The highest BCUT2D eigenvalue weighted by molar-refractivity contribution is 9.10. The van der Waals surface area contributed by atoms with Crippen LogP contribution >= 0.6 is 15.9 Å². The standard InChI is InChI=1S/C4H7BrN2/c1-3(2)4(5)6-7-4/h3H,1-2H3. The monoisotopic (exact) mass is 162 g/mol. The Bertz CT molecular complexity index is 102. The lowest BCUT2D eigenvalue weighted by Gasteiger charge is -2.02. The number of hydrogen-bond acceptors (Lipinski definition) is 2. The van der Waals surface area contributed by atoms with Crippen LogP contribution in [0.3, 0.4) is 0 Å². The van der Waals surface area contributed by atoms with Crippen molar-refractivity contribution in [1.29, 1.82) is 0 Å². The van der Waals surface area contributed by atoms with Crippen molar-refractivity contribution in [2.75, 3.05) is 0 Å². The molecular weight excluding hydrogens is 156 g/mol. The number of nitrogens with zero attached hydrogens (tertiary/aromatic N) is 2. The molecule has 0 unspecified atom stereocenters. The van der Waals surface area contributed by atoms with Crippen LogP contribution in [0.1, 0.15) is 13.8 Å². The fraction of sp³-hybridized carbons (Fsp3) is 1.00. The summed E-state index contributed by atoms with van der Waals surface area (Å²) < 4.78 is -0.188. The van der Waals surface area contributed by atoms with Gasteiger partial charge in [0.15, 0.2) is 0 Å². The summed E-state index contributed by atoms with van der Waals surface area (Å²) in [5.41, 5.74) is 0. The summed E-state index contributed by atoms with van der Waals surface area (Å²) >= 11 is 3.32. The highest BCUT2D eigenvalue weighted by Gasteiger charge is 2.39. The van der Waals surface area contributed by atoms with E-state index >= 15 is 0 Å². The summed E-state index contributed by atoms with van der Waals surface area (Å²) in [6, 6.07) is 0. The molecular formula is C4H7BrN2. The van der Waals surface area contributed by atoms with Crippen molar-refractivity contribution in [2.24, 2.45) is 16.1 Å². The van der Waals surface area contributed by atoms with Gasteiger partial charge in [0.1, 0.15) is 0 Å². The zero-order valence-corrected chi connectivity index (χ0v) is 5.94. The highest BCUT2D eigenvalue weighted by Crippen LogP contribution is 2.41. The molecule has 1 aliphatic heterocycles. The number of halogens is 1. The van der Waals surface area contributed by atoms with Crippen LogP contribution in [-0.4, -0.2) is 4.57 Å². The minimum atomic E-state index is -0.188. The summed E-state index contributed by atoms with van der Waals surface area (Å²) in [5, 5.41) is 7.55. The van der Waals surface area contributed by atoms with Gasteiger partial charge in [-0.25, -0.2) is 0 Å². The molecule has 0 aromatic rings. The van der Waals surface area contributed by atoms with E-state index in [1.165, 1.54) is 0 Å². The normalized spacial score (nSPS) is 23.4. The van der Waals surface area contributed by atoms with Gasteiger partial charge in [-0.1, -0.05) is 13.8 Å². The zero-order chi connectivity index (χ0) is 5.49. The van der Waals surface area contributed by atoms with Crippen LogP contribution in [-0.2, 0) is 0 Å². The van der Waals surface area contributed by atoms with Gasteiger partial charge in [-0.15, -0.1) is 10.2 Å². The second-order valence-electron chi connectivity index (χ2n) is 1.99. The van der Waals surface area contributed by atoms with Gasteiger partial charge < -0.3 is 0 Å². The van der Waals surface area contributed by atoms with E-state index in [0.29, 0.717) is 5.92 Å². The predicted molar refractivity (Wildman–Crippen MR) is 31.4 cm³/mol. The maximum Gasteiger partial charge on any atom is 0.246 e. The van der Waals surface area contributed by atoms with Crippen LogP contribution in [0.2, 0.25) is 0 Å². The Hall–Kier alpha value is 0.0800. The first-order valence-electron chi connectivity index (χ1n) is 2.28. The SMILES string of the molecule is CC(C)C1(Br)N=N1. The van der Waals surface area contributed by atoms with Gasteiger partial charge in [0, 0.05) is 5.92 Å². The fourth-order valence-electron chi connectivity index (χ4n) is 0.279. The van der Waals surface area contributed by atoms with Crippen molar-refractivity contribution in [3.63, 3.8) is 0 Å². The van der Waals surface area contributed by atoms with Gasteiger partial charge in [-0.3, -0.25) is 0 Å². The molecule has 0 spiro atoms. The molecule has 0 N–H and O–H groups in total. The lowest BCUT2D eigenvalue weighted by atomic mass is 10.2. The first-order valence-corrected chi connectivity index (χ1v) is 3.07. The van der Waals surface area contributed by atoms with Crippen LogP contribution in [0.25, 0.3) is 0 Å². The Labute approximate surface area is 51.1 Å². The molecule has 2 nitrogen and oxygen atoms in total. The molecule has 0 saturated heterocycles. The van der Waals surface area contributed by atoms with Crippen LogP contribution < -0.4 is 0 Å². The van der Waals surface area contributed by atoms with Crippen molar-refractivity contribution in [2.45, 2.75) is 18.4 Å². The first-order chi connectivity index (χ1) is 3.15. The van der Waals surface area contributed by atoms with E-state index in [2.05, 4.69) is 40.0 Å². The van der Waals surface area contributed by atoms with E-state index in [-0.39, 0.29) is 4.57 Å². The van der Waals surface area contributed by atoms with Gasteiger partial charge >= 0.3 is 0 Å². The maximum atomic E-state index is 3.78. The van der Waals surface area contributed by atoms with Gasteiger partial charge in [-0.2, -0.15) is 0 Å². The van der Waals surface area contributed by atoms with E-state index in [4.69, 9.17) is 0 Å². The Balaban J connectivity index is 2.41. The smallest absolute Gasteiger partial charge is 0.146 e. The molecule has 0 aliphatic carbocycles. The summed E-state index contributed by atoms with van der Waals surface area (Å²) in [5.74, 6) is 0.493. The Morgan fingerprint density at radius 2 is 1.86 bits per heavy atom. The van der Waals surface area contributed by atoms with Crippen molar-refractivity contribution < 1.29 is 0 Å². The minimum absolute atomic E-state index is 0.188. The fourth-order valence-corrected chi connectivity index (χ4v) is 0.358. The molecule has 0 atom stereocenters. The molecule has 7 heavy (non-hydrogen) atoms. The average molecular weight is 163 g/mol. The third kappa shape index (κ3) is 0.824. The zero-order valence-electron chi connectivity index (χ0n) is 4.35. The molecule has 1 aliphatic rings. The van der Waals surface area contributed by atoms with E-state index < -0.39 is 0 Å². The van der Waals surface area contributed by atoms with Crippen molar-refractivity contribution in [3.05, 3.63) is 0 Å². The van der Waals surface area contributed by atoms with Gasteiger partial charge in [0.05, 0.1) is 0 Å². The van der Waals surface area contributed by atoms with Gasteiger partial charge in [0.25, 0.3) is 0 Å². The van der Waals surface area contributed by atoms with E-state index in [9.17, 15) is 0 Å². The largest absolute Gasteiger partial charge is 0.246 e. The molecule has 0 radical (unpaired) electrons. The Morgan fingerprint density at radius 1 is 1.43 bits per heavy atom. The molecule has 1 rings (SSSR count). The third-order valence-electron chi connectivity index (χ3n) is 1.03. The van der Waals surface area contributed by atoms with Gasteiger partial charge in [0.2, 0.25) is 4.57 Å². The second kappa shape index (κ2) is 1.28. The summed E-state index contributed by atoms with van der Waals surface area (Å²) in [7, 11) is 0. The van der Waals surface area contributed by atoms with Crippen LogP contribution in [0.5, 0.6) is 0 Å². The lowest BCUT2D eigenvalue weighted by molar-refractivity contribution is 0.586.